The molecule has 14 nitrogen and oxygen atoms in total. The van der Waals surface area contributed by atoms with Crippen LogP contribution < -0.4 is 10.6 Å². The average Bonchev–Trinajstić information content (AvgIpc) is 3.61. The topological polar surface area (TPSA) is 182 Å². The molecule has 0 spiro atoms. The van der Waals surface area contributed by atoms with E-state index in [1.54, 1.807) is 24.3 Å². The van der Waals surface area contributed by atoms with E-state index in [1.807, 2.05) is 0 Å². The zero-order valence-electron chi connectivity index (χ0n) is 23.9. The summed E-state index contributed by atoms with van der Waals surface area (Å²) >= 11 is 0. The first-order valence-electron chi connectivity index (χ1n) is 14.1. The molecule has 2 bridgehead atoms. The number of halogens is 3. The predicted octanol–water partition coefficient (Wildman–Crippen LogP) is -0.679. The Labute approximate surface area is 254 Å². The lowest BCUT2D eigenvalue weighted by Crippen LogP contribution is -2.71. The number of nitrogens with one attached hydrogen (secondary N) is 2. The minimum absolute atomic E-state index is 0.0572. The van der Waals surface area contributed by atoms with Crippen molar-refractivity contribution in [3.8, 4) is 0 Å². The molecule has 1 aromatic rings. The molecule has 8 unspecified atom stereocenters. The van der Waals surface area contributed by atoms with E-state index < -0.39 is 84.6 Å². The van der Waals surface area contributed by atoms with Gasteiger partial charge in [-0.15, -0.1) is 0 Å². The summed E-state index contributed by atoms with van der Waals surface area (Å²) in [7, 11) is 0. The van der Waals surface area contributed by atoms with Crippen molar-refractivity contribution in [3.05, 3.63) is 41.5 Å². The van der Waals surface area contributed by atoms with Gasteiger partial charge in [0.15, 0.2) is 12.6 Å². The molecule has 17 heteroatoms. The minimum Gasteiger partial charge on any atom is -0.458 e. The first-order chi connectivity index (χ1) is 21.4. The maximum Gasteiger partial charge on any atom is 0.422 e. The third-order valence-corrected chi connectivity index (χ3v) is 8.12. The van der Waals surface area contributed by atoms with Crippen LogP contribution in [-0.2, 0) is 49.5 Å². The Morgan fingerprint density at radius 1 is 1.22 bits per heavy atom. The molecule has 246 valence electrons. The number of benzene rings is 1. The molecule has 5 rings (SSSR count). The summed E-state index contributed by atoms with van der Waals surface area (Å²) in [4.78, 5) is 58.6. The standard InChI is InChI=1S/C28H32F3N3O11/c1-14(36)19(24(38)32-8-9-35)33-26(40)27-10-17-20-21(43-13-42-20)23(27)45-34(22(27)25(39)44-17)11-16-5-3-2-4-15(16)6-7-18(37)41-12-28(29,30)31/h2-7,14,17,19-23,35-36H,8-13H2,1H3,(H,32,38)(H,33,40). The number of fused-ring (bicyclic) bond motifs is 4. The highest BCUT2D eigenvalue weighted by Crippen LogP contribution is 2.55. The Hall–Kier alpha value is -3.61. The predicted molar refractivity (Wildman–Crippen MR) is 142 cm³/mol. The molecule has 1 saturated carbocycles. The van der Waals surface area contributed by atoms with Crippen molar-refractivity contribution >= 4 is 29.8 Å². The number of aliphatic hydroxyl groups is 2. The zero-order chi connectivity index (χ0) is 32.5. The molecule has 0 aromatic heterocycles. The van der Waals surface area contributed by atoms with Crippen molar-refractivity contribution in [1.29, 1.82) is 0 Å². The number of carbonyl (C=O) groups is 4. The van der Waals surface area contributed by atoms with Crippen LogP contribution in [-0.4, -0.2) is 114 Å². The second-order valence-electron chi connectivity index (χ2n) is 11.1. The van der Waals surface area contributed by atoms with Crippen molar-refractivity contribution in [2.24, 2.45) is 5.41 Å². The van der Waals surface area contributed by atoms with Gasteiger partial charge in [0.05, 0.1) is 19.3 Å². The van der Waals surface area contributed by atoms with Gasteiger partial charge in [0.2, 0.25) is 11.8 Å². The highest BCUT2D eigenvalue weighted by atomic mass is 19.4. The number of aliphatic hydroxyl groups excluding tert-OH is 2. The summed E-state index contributed by atoms with van der Waals surface area (Å²) in [5.41, 5.74) is -0.814. The minimum atomic E-state index is -4.69. The van der Waals surface area contributed by atoms with Gasteiger partial charge in [0.25, 0.3) is 0 Å². The molecule has 1 aliphatic carbocycles. The molecule has 4 fully saturated rings. The summed E-state index contributed by atoms with van der Waals surface area (Å²) < 4.78 is 58.6. The Morgan fingerprint density at radius 2 is 1.96 bits per heavy atom. The number of alkyl halides is 3. The highest BCUT2D eigenvalue weighted by Gasteiger charge is 2.74. The third-order valence-electron chi connectivity index (χ3n) is 8.12. The fourth-order valence-corrected chi connectivity index (χ4v) is 6.17. The highest BCUT2D eigenvalue weighted by molar-refractivity contribution is 5.96. The Morgan fingerprint density at radius 3 is 2.67 bits per heavy atom. The first-order valence-corrected chi connectivity index (χ1v) is 14.1. The number of esters is 2. The number of hydrogen-bond acceptors (Lipinski definition) is 12. The number of nitrogens with zero attached hydrogens (tertiary/aromatic N) is 1. The van der Waals surface area contributed by atoms with Gasteiger partial charge in [-0.25, -0.2) is 4.79 Å². The lowest BCUT2D eigenvalue weighted by atomic mass is 9.62. The van der Waals surface area contributed by atoms with Gasteiger partial charge in [-0.2, -0.15) is 18.2 Å². The van der Waals surface area contributed by atoms with Crippen LogP contribution in [0.3, 0.4) is 0 Å². The van der Waals surface area contributed by atoms with Crippen LogP contribution in [0.4, 0.5) is 13.2 Å². The maximum atomic E-state index is 14.2. The molecular weight excluding hydrogens is 611 g/mol. The number of ether oxygens (including phenoxy) is 4. The van der Waals surface area contributed by atoms with Crippen molar-refractivity contribution in [1.82, 2.24) is 15.7 Å². The summed E-state index contributed by atoms with van der Waals surface area (Å²) in [6, 6.07) is 3.68. The zero-order valence-corrected chi connectivity index (χ0v) is 23.9. The van der Waals surface area contributed by atoms with Crippen LogP contribution in [0.25, 0.3) is 6.08 Å². The van der Waals surface area contributed by atoms with Crippen LogP contribution in [0.5, 0.6) is 0 Å². The van der Waals surface area contributed by atoms with E-state index in [2.05, 4.69) is 15.4 Å². The molecule has 1 aromatic carbocycles. The van der Waals surface area contributed by atoms with Crippen LogP contribution in [0.1, 0.15) is 24.5 Å². The van der Waals surface area contributed by atoms with E-state index >= 15 is 0 Å². The molecule has 4 N–H and O–H groups in total. The van der Waals surface area contributed by atoms with Crippen LogP contribution in [0, 0.1) is 5.41 Å². The Bertz CT molecular complexity index is 1340. The number of hydrogen-bond donors (Lipinski definition) is 4. The van der Waals surface area contributed by atoms with E-state index in [0.717, 1.165) is 6.08 Å². The van der Waals surface area contributed by atoms with Gasteiger partial charge in [-0.05, 0) is 24.1 Å². The second-order valence-corrected chi connectivity index (χ2v) is 11.1. The van der Waals surface area contributed by atoms with E-state index in [1.165, 1.54) is 18.1 Å². The molecule has 4 aliphatic rings. The molecule has 45 heavy (non-hydrogen) atoms. The number of carbonyl (C=O) groups excluding carboxylic acids is 4. The van der Waals surface area contributed by atoms with Gasteiger partial charge >= 0.3 is 18.1 Å². The largest absolute Gasteiger partial charge is 0.458 e. The van der Waals surface area contributed by atoms with Crippen LogP contribution in [0.15, 0.2) is 30.3 Å². The lowest BCUT2D eigenvalue weighted by molar-refractivity contribution is -0.201. The lowest BCUT2D eigenvalue weighted by Gasteiger charge is -2.49. The van der Waals surface area contributed by atoms with Crippen LogP contribution in [0.2, 0.25) is 0 Å². The maximum absolute atomic E-state index is 14.2. The molecule has 2 amide bonds. The number of rotatable bonds is 11. The van der Waals surface area contributed by atoms with E-state index in [0.29, 0.717) is 11.1 Å². The monoisotopic (exact) mass is 643 g/mol. The summed E-state index contributed by atoms with van der Waals surface area (Å²) in [6.45, 7) is -1.25. The van der Waals surface area contributed by atoms with Crippen molar-refractivity contribution in [2.75, 3.05) is 26.6 Å². The SMILES string of the molecule is CC(O)C(NC(=O)C12CC3OC(=O)C1N(Cc1ccccc1C=CC(=O)OCC(F)(F)F)OC2C1OCOC31)C(=O)NCCO. The molecule has 8 atom stereocenters. The van der Waals surface area contributed by atoms with E-state index in [9.17, 15) is 37.5 Å². The van der Waals surface area contributed by atoms with E-state index in [4.69, 9.17) is 24.2 Å². The first kappa shape index (κ1) is 32.8. The van der Waals surface area contributed by atoms with Gasteiger partial charge < -0.3 is 39.8 Å². The second kappa shape index (κ2) is 13.0. The van der Waals surface area contributed by atoms with Crippen LogP contribution >= 0.6 is 0 Å². The summed E-state index contributed by atoms with van der Waals surface area (Å²) in [6.07, 6.45) is -7.57. The van der Waals surface area contributed by atoms with Gasteiger partial charge in [0, 0.05) is 19.0 Å². The van der Waals surface area contributed by atoms with Gasteiger partial charge in [-0.3, -0.25) is 19.2 Å². The molecule has 3 aliphatic heterocycles. The number of hydroxylamine groups is 2. The third kappa shape index (κ3) is 6.54. The quantitative estimate of drug-likeness (QED) is 0.177. The van der Waals surface area contributed by atoms with Gasteiger partial charge in [-0.1, -0.05) is 24.3 Å². The fourth-order valence-electron chi connectivity index (χ4n) is 6.17. The average molecular weight is 644 g/mol. The molecule has 3 heterocycles. The Balaban J connectivity index is 1.44. The smallest absolute Gasteiger partial charge is 0.422 e. The number of amides is 2. The Kier molecular flexibility index (Phi) is 9.48. The van der Waals surface area contributed by atoms with E-state index in [-0.39, 0.29) is 32.9 Å². The fraction of sp³-hybridized carbons (Fsp3) is 0.571. The van der Waals surface area contributed by atoms with Crippen molar-refractivity contribution in [2.45, 2.75) is 68.7 Å². The van der Waals surface area contributed by atoms with Crippen molar-refractivity contribution in [3.63, 3.8) is 0 Å². The van der Waals surface area contributed by atoms with Crippen molar-refractivity contribution < 1.29 is 66.3 Å². The summed E-state index contributed by atoms with van der Waals surface area (Å²) in [5, 5.41) is 25.6. The molecule has 3 saturated heterocycles. The van der Waals surface area contributed by atoms with Gasteiger partial charge in [0.1, 0.15) is 42.7 Å². The molecular formula is C28H32F3N3O11. The normalized spacial score (nSPS) is 30.4. The summed E-state index contributed by atoms with van der Waals surface area (Å²) in [5.74, 6) is -3.56. The molecule has 0 radical (unpaired) electrons.